The van der Waals surface area contributed by atoms with Crippen LogP contribution in [0.5, 0.6) is 69.0 Å². The first-order valence-corrected chi connectivity index (χ1v) is 14.9. The maximum Gasteiger partial charge on any atom is 0.200 e. The van der Waals surface area contributed by atoms with Gasteiger partial charge in [0.1, 0.15) is 0 Å². The van der Waals surface area contributed by atoms with Crippen LogP contribution in [0.2, 0.25) is 0 Å². The number of ether oxygens (including phenoxy) is 8. The lowest BCUT2D eigenvalue weighted by Gasteiger charge is -2.26. The van der Waals surface area contributed by atoms with E-state index in [9.17, 15) is 20.4 Å². The molecule has 4 rings (SSSR count). The second kappa shape index (κ2) is 15.4. The Morgan fingerprint density at radius 2 is 0.479 bits per heavy atom. The molecule has 0 amide bonds. The Kier molecular flexibility index (Phi) is 11.3. The Hall–Kier alpha value is -5.52. The molecule has 0 unspecified atom stereocenters. The van der Waals surface area contributed by atoms with Crippen LogP contribution in [0.15, 0.2) is 48.5 Å². The maximum absolute atomic E-state index is 10.7. The fourth-order valence-corrected chi connectivity index (χ4v) is 5.84. The molecule has 4 aromatic rings. The molecule has 0 saturated heterocycles. The molecule has 0 spiro atoms. The van der Waals surface area contributed by atoms with Crippen molar-refractivity contribution in [2.24, 2.45) is 0 Å². The molecule has 258 valence electrons. The molecule has 48 heavy (non-hydrogen) atoms. The third kappa shape index (κ3) is 6.92. The largest absolute Gasteiger partial charge is 0.502 e. The van der Waals surface area contributed by atoms with Gasteiger partial charge in [0.15, 0.2) is 46.0 Å². The zero-order valence-corrected chi connectivity index (χ0v) is 28.2. The zero-order valence-electron chi connectivity index (χ0n) is 28.2. The fraction of sp³-hybridized carbons (Fsp3) is 0.333. The quantitative estimate of drug-likeness (QED) is 0.112. The topological polar surface area (TPSA) is 155 Å². The summed E-state index contributed by atoms with van der Waals surface area (Å²) < 4.78 is 43.9. The Balaban J connectivity index is 1.96. The zero-order chi connectivity index (χ0) is 35.1. The van der Waals surface area contributed by atoms with Gasteiger partial charge in [0.2, 0.25) is 23.0 Å². The summed E-state index contributed by atoms with van der Waals surface area (Å²) in [4.78, 5) is 0. The predicted octanol–water partition coefficient (Wildman–Crippen LogP) is 6.32. The minimum absolute atomic E-state index is 0.146. The van der Waals surface area contributed by atoms with Crippen molar-refractivity contribution in [3.8, 4) is 69.0 Å². The van der Waals surface area contributed by atoms with Gasteiger partial charge in [-0.05, 0) is 83.6 Å². The number of methoxy groups -OCH3 is 8. The molecular formula is C36H42O12. The Labute approximate surface area is 279 Å². The SMILES string of the molecule is COc1cc(C(CCC(c2cc(OC)c(O)c(OC)c2)c2cc(OC)c(O)c(OC)c2)c2cc(OC)c(O)c(OC)c2)cc(OC)c1O. The first-order valence-electron chi connectivity index (χ1n) is 14.9. The van der Waals surface area contributed by atoms with Crippen molar-refractivity contribution in [1.29, 1.82) is 0 Å². The third-order valence-electron chi connectivity index (χ3n) is 8.36. The molecule has 0 aliphatic carbocycles. The minimum atomic E-state index is -0.402. The summed E-state index contributed by atoms with van der Waals surface area (Å²) >= 11 is 0. The average Bonchev–Trinajstić information content (AvgIpc) is 3.11. The van der Waals surface area contributed by atoms with Gasteiger partial charge in [-0.3, -0.25) is 0 Å². The molecular weight excluding hydrogens is 624 g/mol. The van der Waals surface area contributed by atoms with Crippen LogP contribution in [0.25, 0.3) is 0 Å². The number of phenolic OH excluding ortho intramolecular Hbond substituents is 4. The highest BCUT2D eigenvalue weighted by molar-refractivity contribution is 5.60. The van der Waals surface area contributed by atoms with E-state index in [1.807, 2.05) is 0 Å². The molecule has 4 aromatic carbocycles. The summed E-state index contributed by atoms with van der Waals surface area (Å²) in [5.74, 6) is 0.315. The number of hydrogen-bond donors (Lipinski definition) is 4. The van der Waals surface area contributed by atoms with Crippen LogP contribution in [0.1, 0.15) is 46.9 Å². The predicted molar refractivity (Wildman–Crippen MR) is 178 cm³/mol. The lowest BCUT2D eigenvalue weighted by Crippen LogP contribution is -2.09. The van der Waals surface area contributed by atoms with E-state index in [2.05, 4.69) is 0 Å². The van der Waals surface area contributed by atoms with Gasteiger partial charge in [0.25, 0.3) is 0 Å². The van der Waals surface area contributed by atoms with E-state index in [-0.39, 0.29) is 69.0 Å². The normalized spacial score (nSPS) is 11.0. The second-order valence-electron chi connectivity index (χ2n) is 10.8. The van der Waals surface area contributed by atoms with Gasteiger partial charge < -0.3 is 58.3 Å². The molecule has 0 atom stereocenters. The van der Waals surface area contributed by atoms with Gasteiger partial charge in [-0.2, -0.15) is 0 Å². The van der Waals surface area contributed by atoms with Crippen LogP contribution < -0.4 is 37.9 Å². The van der Waals surface area contributed by atoms with Crippen molar-refractivity contribution in [2.45, 2.75) is 24.7 Å². The van der Waals surface area contributed by atoms with Gasteiger partial charge in [-0.25, -0.2) is 0 Å². The monoisotopic (exact) mass is 666 g/mol. The van der Waals surface area contributed by atoms with Crippen molar-refractivity contribution in [3.63, 3.8) is 0 Å². The van der Waals surface area contributed by atoms with E-state index in [0.29, 0.717) is 12.8 Å². The van der Waals surface area contributed by atoms with E-state index >= 15 is 0 Å². The number of aromatic hydroxyl groups is 4. The second-order valence-corrected chi connectivity index (χ2v) is 10.8. The van der Waals surface area contributed by atoms with Crippen molar-refractivity contribution < 1.29 is 58.3 Å². The Morgan fingerprint density at radius 3 is 0.604 bits per heavy atom. The Bertz CT molecular complexity index is 1380. The molecule has 12 heteroatoms. The third-order valence-corrected chi connectivity index (χ3v) is 8.36. The summed E-state index contributed by atoms with van der Waals surface area (Å²) in [6.45, 7) is 0. The average molecular weight is 667 g/mol. The molecule has 12 nitrogen and oxygen atoms in total. The standard InChI is InChI=1S/C36H42O12/c1-41-25-11-19(12-26(42-2)33(25)37)23(20-13-27(43-3)34(38)28(14-20)44-4)9-10-24(21-15-29(45-5)35(39)30(16-21)46-6)22-17-31(47-7)36(40)32(18-22)48-8/h11-18,23-24,37-40H,9-10H2,1-8H3. The molecule has 0 heterocycles. The van der Waals surface area contributed by atoms with Crippen molar-refractivity contribution in [1.82, 2.24) is 0 Å². The summed E-state index contributed by atoms with van der Waals surface area (Å²) in [5.41, 5.74) is 2.93. The fourth-order valence-electron chi connectivity index (χ4n) is 5.84. The molecule has 0 radical (unpaired) electrons. The Morgan fingerprint density at radius 1 is 0.333 bits per heavy atom. The van der Waals surface area contributed by atoms with Crippen LogP contribution in [-0.2, 0) is 0 Å². The van der Waals surface area contributed by atoms with Crippen molar-refractivity contribution in [3.05, 3.63) is 70.8 Å². The molecule has 0 fully saturated rings. The van der Waals surface area contributed by atoms with E-state index < -0.39 is 11.8 Å². The van der Waals surface area contributed by atoms with Crippen molar-refractivity contribution in [2.75, 3.05) is 56.9 Å². The van der Waals surface area contributed by atoms with Gasteiger partial charge in [0.05, 0.1) is 56.9 Å². The van der Waals surface area contributed by atoms with E-state index in [4.69, 9.17) is 37.9 Å². The van der Waals surface area contributed by atoms with E-state index in [1.165, 1.54) is 56.9 Å². The minimum Gasteiger partial charge on any atom is -0.502 e. The lowest BCUT2D eigenvalue weighted by molar-refractivity contribution is 0.336. The van der Waals surface area contributed by atoms with E-state index in [0.717, 1.165) is 22.3 Å². The van der Waals surface area contributed by atoms with Crippen LogP contribution in [0.4, 0.5) is 0 Å². The highest BCUT2D eigenvalue weighted by Crippen LogP contribution is 2.49. The number of rotatable bonds is 15. The first-order chi connectivity index (χ1) is 23.1. The van der Waals surface area contributed by atoms with E-state index in [1.54, 1.807) is 48.5 Å². The molecule has 0 saturated carbocycles. The molecule has 0 aromatic heterocycles. The lowest BCUT2D eigenvalue weighted by atomic mass is 9.80. The van der Waals surface area contributed by atoms with Gasteiger partial charge >= 0.3 is 0 Å². The highest BCUT2D eigenvalue weighted by atomic mass is 16.5. The van der Waals surface area contributed by atoms with Crippen LogP contribution in [0.3, 0.4) is 0 Å². The van der Waals surface area contributed by atoms with Crippen LogP contribution >= 0.6 is 0 Å². The van der Waals surface area contributed by atoms with Gasteiger partial charge in [-0.15, -0.1) is 0 Å². The molecule has 0 bridgehead atoms. The molecule has 0 aliphatic rings. The number of hydrogen-bond acceptors (Lipinski definition) is 12. The first kappa shape index (κ1) is 35.3. The van der Waals surface area contributed by atoms with Gasteiger partial charge in [0, 0.05) is 11.8 Å². The molecule has 0 aliphatic heterocycles. The summed E-state index contributed by atoms with van der Waals surface area (Å²) in [7, 11) is 11.6. The molecule has 4 N–H and O–H groups in total. The maximum atomic E-state index is 10.7. The summed E-state index contributed by atoms with van der Waals surface area (Å²) in [5, 5.41) is 42.9. The smallest absolute Gasteiger partial charge is 0.200 e. The summed E-state index contributed by atoms with van der Waals surface area (Å²) in [6, 6.07) is 13.8. The summed E-state index contributed by atoms with van der Waals surface area (Å²) in [6.07, 6.45) is 0.908. The highest BCUT2D eigenvalue weighted by Gasteiger charge is 2.27. The van der Waals surface area contributed by atoms with Crippen LogP contribution in [-0.4, -0.2) is 77.3 Å². The van der Waals surface area contributed by atoms with Gasteiger partial charge in [-0.1, -0.05) is 0 Å². The number of benzene rings is 4. The van der Waals surface area contributed by atoms with Crippen LogP contribution in [0, 0.1) is 0 Å². The number of phenols is 4. The van der Waals surface area contributed by atoms with Crippen molar-refractivity contribution >= 4 is 0 Å².